The average Bonchev–Trinajstić information content (AvgIpc) is 2.89. The van der Waals surface area contributed by atoms with Crippen LogP contribution in [0.5, 0.6) is 0 Å². The van der Waals surface area contributed by atoms with Crippen LogP contribution in [0.3, 0.4) is 0 Å². The van der Waals surface area contributed by atoms with Gasteiger partial charge in [0.15, 0.2) is 0 Å². The quantitative estimate of drug-likeness (QED) is 0.102. The summed E-state index contributed by atoms with van der Waals surface area (Å²) < 4.78 is 0. The summed E-state index contributed by atoms with van der Waals surface area (Å²) in [6.07, 6.45) is 1.91. The lowest BCUT2D eigenvalue weighted by molar-refractivity contribution is -0.120. The lowest BCUT2D eigenvalue weighted by atomic mass is 9.98. The molecule has 0 aromatic rings. The van der Waals surface area contributed by atoms with Crippen molar-refractivity contribution in [2.45, 2.75) is 23.9 Å². The molecule has 0 spiro atoms. The molecule has 0 radical (unpaired) electrons. The SMILES string of the molecule is NCCCNCCNCCCNC(=O)CNC12CNCCNCC(N)(CNCCNC1)CNCCNC2. The van der Waals surface area contributed by atoms with Crippen molar-refractivity contribution in [2.24, 2.45) is 11.5 Å². The largest absolute Gasteiger partial charge is 0.355 e. The van der Waals surface area contributed by atoms with Crippen LogP contribution in [-0.2, 0) is 4.79 Å². The van der Waals surface area contributed by atoms with Crippen molar-refractivity contribution >= 4 is 5.91 Å². The minimum atomic E-state index is -0.329. The summed E-state index contributed by atoms with van der Waals surface area (Å²) in [4.78, 5) is 12.6. The number of carbonyl (C=O) groups is 1. The van der Waals surface area contributed by atoms with E-state index in [-0.39, 0.29) is 23.5 Å². The molecule has 14 N–H and O–H groups in total. The molecule has 3 aliphatic heterocycles. The number of hydrogen-bond donors (Lipinski definition) is 12. The monoisotopic (exact) mass is 528 g/mol. The molecule has 218 valence electrons. The molecule has 2 bridgehead atoms. The summed E-state index contributed by atoms with van der Waals surface area (Å²) in [7, 11) is 0. The van der Waals surface area contributed by atoms with E-state index in [4.69, 9.17) is 11.5 Å². The van der Waals surface area contributed by atoms with E-state index < -0.39 is 0 Å². The Balaban J connectivity index is 1.78. The number of hydrogen-bond acceptors (Lipinski definition) is 12. The number of amides is 1. The molecule has 3 saturated heterocycles. The summed E-state index contributed by atoms with van der Waals surface area (Å²) in [6.45, 7) is 14.9. The van der Waals surface area contributed by atoms with E-state index in [1.807, 2.05) is 0 Å². The maximum Gasteiger partial charge on any atom is 0.233 e. The lowest BCUT2D eigenvalue weighted by Gasteiger charge is -2.37. The van der Waals surface area contributed by atoms with Crippen molar-refractivity contribution < 1.29 is 4.79 Å². The average molecular weight is 529 g/mol. The summed E-state index contributed by atoms with van der Waals surface area (Å²) >= 11 is 0. The molecule has 3 rings (SSSR count). The molecule has 0 aromatic heterocycles. The van der Waals surface area contributed by atoms with Crippen LogP contribution in [0.1, 0.15) is 12.8 Å². The van der Waals surface area contributed by atoms with Crippen LogP contribution >= 0.6 is 0 Å². The van der Waals surface area contributed by atoms with Crippen LogP contribution in [0.15, 0.2) is 0 Å². The van der Waals surface area contributed by atoms with Gasteiger partial charge in [-0.1, -0.05) is 0 Å². The van der Waals surface area contributed by atoms with E-state index in [0.717, 1.165) is 124 Å². The number of fused-ring (bicyclic) bond motifs is 15. The lowest BCUT2D eigenvalue weighted by Crippen LogP contribution is -2.67. The molecule has 13 heteroatoms. The first kappa shape index (κ1) is 32.2. The van der Waals surface area contributed by atoms with Crippen LogP contribution in [0.25, 0.3) is 0 Å². The Morgan fingerprint density at radius 3 is 1.59 bits per heavy atom. The molecule has 0 saturated carbocycles. The smallest absolute Gasteiger partial charge is 0.233 e. The van der Waals surface area contributed by atoms with Gasteiger partial charge in [0.25, 0.3) is 0 Å². The Hall–Kier alpha value is -0.970. The summed E-state index contributed by atoms with van der Waals surface area (Å²) in [6, 6.07) is 0. The fourth-order valence-electron chi connectivity index (χ4n) is 4.51. The third-order valence-electron chi connectivity index (χ3n) is 6.77. The van der Waals surface area contributed by atoms with E-state index in [1.54, 1.807) is 0 Å². The number of rotatable bonds is 13. The van der Waals surface area contributed by atoms with E-state index >= 15 is 0 Å². The first-order chi connectivity index (χ1) is 18.1. The van der Waals surface area contributed by atoms with Crippen LogP contribution in [0, 0.1) is 0 Å². The Bertz CT molecular complexity index is 538. The third-order valence-corrected chi connectivity index (χ3v) is 6.77. The molecule has 13 nitrogen and oxygen atoms in total. The van der Waals surface area contributed by atoms with E-state index in [9.17, 15) is 4.79 Å². The summed E-state index contributed by atoms with van der Waals surface area (Å²) in [5, 5.41) is 34.7. The molecular weight excluding hydrogens is 472 g/mol. The normalized spacial score (nSPS) is 26.9. The second kappa shape index (κ2) is 20.0. The van der Waals surface area contributed by atoms with Gasteiger partial charge in [-0.2, -0.15) is 0 Å². The van der Waals surface area contributed by atoms with Crippen molar-refractivity contribution in [3.05, 3.63) is 0 Å². The van der Waals surface area contributed by atoms with E-state index in [2.05, 4.69) is 53.2 Å². The van der Waals surface area contributed by atoms with Gasteiger partial charge in [0.2, 0.25) is 5.91 Å². The number of nitrogens with one attached hydrogen (secondary N) is 10. The number of nitrogens with two attached hydrogens (primary N) is 2. The van der Waals surface area contributed by atoms with Gasteiger partial charge in [-0.15, -0.1) is 0 Å². The zero-order valence-corrected chi connectivity index (χ0v) is 22.9. The molecule has 0 atom stereocenters. The highest BCUT2D eigenvalue weighted by Gasteiger charge is 2.30. The number of carbonyl (C=O) groups excluding carboxylic acids is 1. The molecule has 0 unspecified atom stereocenters. The van der Waals surface area contributed by atoms with Crippen molar-refractivity contribution in [3.63, 3.8) is 0 Å². The summed E-state index contributed by atoms with van der Waals surface area (Å²) in [5.41, 5.74) is 11.5. The van der Waals surface area contributed by atoms with E-state index in [0.29, 0.717) is 6.54 Å². The minimum absolute atomic E-state index is 0.0286. The van der Waals surface area contributed by atoms with Crippen LogP contribution in [0.4, 0.5) is 0 Å². The molecule has 1 amide bonds. The second-order valence-corrected chi connectivity index (χ2v) is 10.4. The molecule has 0 aliphatic carbocycles. The predicted molar refractivity (Wildman–Crippen MR) is 152 cm³/mol. The Morgan fingerprint density at radius 2 is 1.11 bits per heavy atom. The van der Waals surface area contributed by atoms with Gasteiger partial charge in [0.05, 0.1) is 17.6 Å². The van der Waals surface area contributed by atoms with Gasteiger partial charge in [-0.05, 0) is 32.5 Å². The van der Waals surface area contributed by atoms with Gasteiger partial charge in [-0.25, -0.2) is 0 Å². The predicted octanol–water partition coefficient (Wildman–Crippen LogP) is -5.39. The minimum Gasteiger partial charge on any atom is -0.355 e. The Kier molecular flexibility index (Phi) is 17.4. The first-order valence-electron chi connectivity index (χ1n) is 14.2. The molecule has 3 aliphatic rings. The standard InChI is InChI=1S/C24H56N12O/c25-3-1-4-27-7-8-28-5-2-6-35-22(37)15-36-24-19-32-12-9-29-16-23(26,17-30-10-13-33-20-24)18-31-11-14-34-21-24/h27-34,36H,1-21,25-26H2,(H,35,37). The van der Waals surface area contributed by atoms with Crippen LogP contribution < -0.4 is 64.6 Å². The van der Waals surface area contributed by atoms with Crippen molar-refractivity contribution in [3.8, 4) is 0 Å². The maximum atomic E-state index is 12.6. The fraction of sp³-hybridized carbons (Fsp3) is 0.958. The highest BCUT2D eigenvalue weighted by atomic mass is 16.1. The topological polar surface area (TPSA) is 189 Å². The van der Waals surface area contributed by atoms with Gasteiger partial charge in [0.1, 0.15) is 0 Å². The highest BCUT2D eigenvalue weighted by Crippen LogP contribution is 2.03. The van der Waals surface area contributed by atoms with Crippen LogP contribution in [-0.4, -0.2) is 141 Å². The van der Waals surface area contributed by atoms with Crippen LogP contribution in [0.2, 0.25) is 0 Å². The zero-order chi connectivity index (χ0) is 26.5. The molecule has 3 heterocycles. The fourth-order valence-corrected chi connectivity index (χ4v) is 4.51. The first-order valence-corrected chi connectivity index (χ1v) is 14.2. The molecule has 3 fully saturated rings. The zero-order valence-electron chi connectivity index (χ0n) is 22.9. The third kappa shape index (κ3) is 15.3. The Labute approximate surface area is 223 Å². The second-order valence-electron chi connectivity index (χ2n) is 10.4. The van der Waals surface area contributed by atoms with Gasteiger partial charge in [0, 0.05) is 98.2 Å². The van der Waals surface area contributed by atoms with E-state index in [1.165, 1.54) is 0 Å². The van der Waals surface area contributed by atoms with Gasteiger partial charge < -0.3 is 59.3 Å². The Morgan fingerprint density at radius 1 is 0.649 bits per heavy atom. The molecule has 0 aromatic carbocycles. The van der Waals surface area contributed by atoms with Gasteiger partial charge >= 0.3 is 0 Å². The van der Waals surface area contributed by atoms with Crippen molar-refractivity contribution in [2.75, 3.05) is 124 Å². The van der Waals surface area contributed by atoms with Gasteiger partial charge in [-0.3, -0.25) is 10.1 Å². The molecule has 37 heavy (non-hydrogen) atoms. The molecular formula is C24H56N12O. The summed E-state index contributed by atoms with van der Waals surface area (Å²) in [5.74, 6) is 0.0286. The van der Waals surface area contributed by atoms with Crippen molar-refractivity contribution in [1.82, 2.24) is 53.2 Å². The highest BCUT2D eigenvalue weighted by molar-refractivity contribution is 5.78. The maximum absolute atomic E-state index is 12.6. The van der Waals surface area contributed by atoms with Crippen molar-refractivity contribution in [1.29, 1.82) is 0 Å².